The van der Waals surface area contributed by atoms with E-state index in [1.165, 1.54) is 6.07 Å². The average Bonchev–Trinajstić information content (AvgIpc) is 3.32. The molecule has 1 fully saturated rings. The summed E-state index contributed by atoms with van der Waals surface area (Å²) in [6.45, 7) is 6.44. The number of anilines is 1. The summed E-state index contributed by atoms with van der Waals surface area (Å²) in [7, 11) is -1.57. The van der Waals surface area contributed by atoms with Crippen LogP contribution in [0.25, 0.3) is 16.6 Å². The molecule has 2 aromatic heterocycles. The van der Waals surface area contributed by atoms with Crippen molar-refractivity contribution in [1.29, 1.82) is 0 Å². The zero-order valence-electron chi connectivity index (χ0n) is 23.8. The van der Waals surface area contributed by atoms with Crippen LogP contribution in [0, 0.1) is 5.82 Å². The molecule has 3 heterocycles. The fourth-order valence-electron chi connectivity index (χ4n) is 5.52. The summed E-state index contributed by atoms with van der Waals surface area (Å²) >= 11 is 0. The predicted octanol–water partition coefficient (Wildman–Crippen LogP) is 5.40. The number of nitrogens with zero attached hydrogens (tertiary/aromatic N) is 4. The molecular weight excluding hydrogens is 541 g/mol. The van der Waals surface area contributed by atoms with Crippen molar-refractivity contribution in [3.8, 4) is 5.69 Å². The monoisotopic (exact) mass is 577 g/mol. The van der Waals surface area contributed by atoms with Gasteiger partial charge < -0.3 is 9.47 Å². The number of fused-ring (bicyclic) bond motifs is 1. The minimum absolute atomic E-state index is 0.0236. The molecule has 10 heteroatoms. The van der Waals surface area contributed by atoms with E-state index >= 15 is 4.39 Å². The molecule has 1 aliphatic rings. The number of carbonyl (C=O) groups is 1. The first kappa shape index (κ1) is 28.8. The Morgan fingerprint density at radius 1 is 1.12 bits per heavy atom. The second kappa shape index (κ2) is 11.6. The van der Waals surface area contributed by atoms with Crippen molar-refractivity contribution in [2.24, 2.45) is 0 Å². The number of hydrogen-bond acceptors (Lipinski definition) is 5. The highest BCUT2D eigenvalue weighted by Crippen LogP contribution is 2.37. The van der Waals surface area contributed by atoms with Gasteiger partial charge in [-0.3, -0.25) is 19.4 Å². The van der Waals surface area contributed by atoms with Crippen LogP contribution >= 0.6 is 0 Å². The van der Waals surface area contributed by atoms with E-state index < -0.39 is 15.8 Å². The Labute approximate surface area is 240 Å². The van der Waals surface area contributed by atoms with E-state index in [4.69, 9.17) is 0 Å². The zero-order chi connectivity index (χ0) is 29.3. The Morgan fingerprint density at radius 2 is 1.83 bits per heavy atom. The van der Waals surface area contributed by atoms with Gasteiger partial charge >= 0.3 is 0 Å². The minimum Gasteiger partial charge on any atom is -0.339 e. The van der Waals surface area contributed by atoms with Crippen LogP contribution in [0.1, 0.15) is 54.1 Å². The maximum absolute atomic E-state index is 15.5. The molecular formula is C31H36FN5O3S. The number of nitrogens with one attached hydrogen (secondary N) is 1. The van der Waals surface area contributed by atoms with Gasteiger partial charge in [0.1, 0.15) is 5.82 Å². The van der Waals surface area contributed by atoms with Gasteiger partial charge in [0.15, 0.2) is 0 Å². The van der Waals surface area contributed by atoms with E-state index in [0.717, 1.165) is 60.8 Å². The van der Waals surface area contributed by atoms with Crippen molar-refractivity contribution in [1.82, 2.24) is 19.4 Å². The van der Waals surface area contributed by atoms with E-state index in [1.807, 2.05) is 38.2 Å². The molecule has 216 valence electrons. The predicted molar refractivity (Wildman–Crippen MR) is 160 cm³/mol. The van der Waals surface area contributed by atoms with Crippen LogP contribution in [0.4, 0.5) is 10.1 Å². The van der Waals surface area contributed by atoms with Gasteiger partial charge in [-0.1, -0.05) is 18.2 Å². The molecule has 0 atom stereocenters. The number of carbonyl (C=O) groups excluding carboxylic acids is 1. The van der Waals surface area contributed by atoms with Gasteiger partial charge in [-0.25, -0.2) is 12.8 Å². The quantitative estimate of drug-likeness (QED) is 0.303. The molecule has 5 rings (SSSR count). The number of pyridine rings is 1. The van der Waals surface area contributed by atoms with Crippen LogP contribution in [0.15, 0.2) is 67.1 Å². The molecule has 8 nitrogen and oxygen atoms in total. The summed E-state index contributed by atoms with van der Waals surface area (Å²) in [5.41, 5.74) is 4.16. The summed E-state index contributed by atoms with van der Waals surface area (Å²) in [6, 6.07) is 14.1. The fourth-order valence-corrected chi connectivity index (χ4v) is 6.08. The number of amides is 1. The molecule has 2 aromatic carbocycles. The number of sulfonamides is 1. The second-order valence-corrected chi connectivity index (χ2v) is 12.9. The highest BCUT2D eigenvalue weighted by molar-refractivity contribution is 7.92. The van der Waals surface area contributed by atoms with Gasteiger partial charge in [0.25, 0.3) is 5.91 Å². The van der Waals surface area contributed by atoms with Gasteiger partial charge in [-0.05, 0) is 87.2 Å². The molecule has 0 bridgehead atoms. The van der Waals surface area contributed by atoms with E-state index in [1.54, 1.807) is 53.2 Å². The van der Waals surface area contributed by atoms with Crippen LogP contribution in [0.3, 0.4) is 0 Å². The van der Waals surface area contributed by atoms with Crippen molar-refractivity contribution in [3.63, 3.8) is 0 Å². The smallest absolute Gasteiger partial charge is 0.256 e. The lowest BCUT2D eigenvalue weighted by Crippen LogP contribution is -2.33. The van der Waals surface area contributed by atoms with Crippen molar-refractivity contribution in [2.45, 2.75) is 45.2 Å². The summed E-state index contributed by atoms with van der Waals surface area (Å²) < 4.78 is 42.7. The van der Waals surface area contributed by atoms with Crippen molar-refractivity contribution in [2.75, 3.05) is 31.1 Å². The number of benzene rings is 2. The first-order chi connectivity index (χ1) is 19.5. The number of piperidine rings is 1. The van der Waals surface area contributed by atoms with Gasteiger partial charge in [0.2, 0.25) is 10.0 Å². The molecule has 41 heavy (non-hydrogen) atoms. The first-order valence-corrected chi connectivity index (χ1v) is 15.7. The van der Waals surface area contributed by atoms with E-state index in [-0.39, 0.29) is 23.6 Å². The molecule has 0 spiro atoms. The lowest BCUT2D eigenvalue weighted by molar-refractivity contribution is 0.0754. The molecule has 0 saturated carbocycles. The van der Waals surface area contributed by atoms with E-state index in [9.17, 15) is 13.2 Å². The van der Waals surface area contributed by atoms with E-state index in [2.05, 4.69) is 14.6 Å². The largest absolute Gasteiger partial charge is 0.339 e. The molecule has 1 aliphatic heterocycles. The SMILES string of the molecule is CC(C)N(C)C(=O)c1cccc(F)c1-n1cc(C2CCN(Cc3ccc(NS(C)(=O)=O)cc3)CC2)c2ccncc21. The van der Waals surface area contributed by atoms with Crippen molar-refractivity contribution < 1.29 is 17.6 Å². The van der Waals surface area contributed by atoms with Crippen LogP contribution in [-0.2, 0) is 16.6 Å². The van der Waals surface area contributed by atoms with Crippen LogP contribution in [-0.4, -0.2) is 66.1 Å². The number of hydrogen-bond donors (Lipinski definition) is 1. The lowest BCUT2D eigenvalue weighted by atomic mass is 9.89. The second-order valence-electron chi connectivity index (χ2n) is 11.1. The third kappa shape index (κ3) is 6.28. The Balaban J connectivity index is 1.38. The highest BCUT2D eigenvalue weighted by Gasteiger charge is 2.27. The Kier molecular flexibility index (Phi) is 8.15. The van der Waals surface area contributed by atoms with Gasteiger partial charge in [-0.2, -0.15) is 0 Å². The number of aromatic nitrogens is 2. The Bertz CT molecular complexity index is 1660. The summed E-state index contributed by atoms with van der Waals surface area (Å²) in [5, 5.41) is 1.02. The maximum atomic E-state index is 15.5. The van der Waals surface area contributed by atoms with E-state index in [0.29, 0.717) is 11.3 Å². The third-order valence-corrected chi connectivity index (χ3v) is 8.49. The lowest BCUT2D eigenvalue weighted by Gasteiger charge is -2.32. The topological polar surface area (TPSA) is 87.5 Å². The normalized spacial score (nSPS) is 15.0. The first-order valence-electron chi connectivity index (χ1n) is 13.8. The van der Waals surface area contributed by atoms with Gasteiger partial charge in [0.05, 0.1) is 29.2 Å². The Morgan fingerprint density at radius 3 is 2.49 bits per heavy atom. The maximum Gasteiger partial charge on any atom is 0.256 e. The van der Waals surface area contributed by atoms with Crippen molar-refractivity contribution in [3.05, 3.63) is 89.6 Å². The average molecular weight is 578 g/mol. The fraction of sp³-hybridized carbons (Fsp3) is 0.355. The number of likely N-dealkylation sites (tertiary alicyclic amines) is 1. The molecule has 1 saturated heterocycles. The summed E-state index contributed by atoms with van der Waals surface area (Å²) in [4.78, 5) is 21.7. The molecule has 1 N–H and O–H groups in total. The molecule has 4 aromatic rings. The van der Waals surface area contributed by atoms with Crippen LogP contribution < -0.4 is 4.72 Å². The molecule has 1 amide bonds. The Hall–Kier alpha value is -3.76. The molecule has 0 unspecified atom stereocenters. The summed E-state index contributed by atoms with van der Waals surface area (Å²) in [5.74, 6) is -0.397. The number of para-hydroxylation sites is 1. The van der Waals surface area contributed by atoms with Crippen molar-refractivity contribution >= 4 is 32.5 Å². The van der Waals surface area contributed by atoms with Crippen LogP contribution in [0.2, 0.25) is 0 Å². The zero-order valence-corrected chi connectivity index (χ0v) is 24.7. The third-order valence-electron chi connectivity index (χ3n) is 7.88. The van der Waals surface area contributed by atoms with Gasteiger partial charge in [0, 0.05) is 43.1 Å². The highest BCUT2D eigenvalue weighted by atomic mass is 32.2. The summed E-state index contributed by atoms with van der Waals surface area (Å²) in [6.07, 6.45) is 8.50. The molecule has 0 aliphatic carbocycles. The number of rotatable bonds is 8. The standard InChI is InChI=1S/C31H36FN5O3S/c1-21(2)35(3)31(38)26-6-5-7-28(32)30(26)37-20-27(25-12-15-33-18-29(25)37)23-13-16-36(17-14-23)19-22-8-10-24(11-9-22)34-41(4,39)40/h5-12,15,18,20-21,23,34H,13-14,16-17,19H2,1-4H3. The molecule has 0 radical (unpaired) electrons. The number of halogens is 1. The minimum atomic E-state index is -3.30. The van der Waals surface area contributed by atoms with Crippen LogP contribution in [0.5, 0.6) is 0 Å². The van der Waals surface area contributed by atoms with Gasteiger partial charge in [-0.15, -0.1) is 0 Å².